The third-order valence-electron chi connectivity index (χ3n) is 5.54. The molecule has 1 aromatic carbocycles. The number of piperidine rings is 1. The van der Waals surface area contributed by atoms with Gasteiger partial charge in [-0.25, -0.2) is 0 Å². The minimum Gasteiger partial charge on any atom is -0.433 e. The average molecular weight is 451 g/mol. The van der Waals surface area contributed by atoms with E-state index in [0.717, 1.165) is 37.9 Å². The minimum atomic E-state index is -3.26. The third-order valence-corrected chi connectivity index (χ3v) is 5.83. The molecule has 1 saturated heterocycles. The van der Waals surface area contributed by atoms with E-state index in [1.807, 2.05) is 6.07 Å². The smallest absolute Gasteiger partial charge is 0.394 e. The Balaban J connectivity index is 1.64. The van der Waals surface area contributed by atoms with Crippen LogP contribution in [0.2, 0.25) is 5.02 Å². The molecule has 2 aliphatic heterocycles. The lowest BCUT2D eigenvalue weighted by molar-refractivity contribution is -0.195. The quantitative estimate of drug-likeness (QED) is 0.421. The minimum absolute atomic E-state index is 0.0373. The lowest BCUT2D eigenvalue weighted by atomic mass is 9.90. The summed E-state index contributed by atoms with van der Waals surface area (Å²) in [6, 6.07) is 4.01. The van der Waals surface area contributed by atoms with E-state index in [0.29, 0.717) is 35.5 Å². The van der Waals surface area contributed by atoms with Crippen LogP contribution in [-0.2, 0) is 17.7 Å². The highest BCUT2D eigenvalue weighted by Crippen LogP contribution is 2.32. The van der Waals surface area contributed by atoms with Gasteiger partial charge in [0.05, 0.1) is 10.6 Å². The first-order valence-electron chi connectivity index (χ1n) is 10.6. The number of rotatable bonds is 8. The maximum absolute atomic E-state index is 13.0. The highest BCUT2D eigenvalue weighted by molar-refractivity contribution is 6.34. The second-order valence-corrected chi connectivity index (χ2v) is 8.67. The van der Waals surface area contributed by atoms with Crippen molar-refractivity contribution in [3.8, 4) is 0 Å². The fourth-order valence-corrected chi connectivity index (χ4v) is 4.43. The number of hydrogen-bond acceptors (Lipinski definition) is 3. The first-order valence-corrected chi connectivity index (χ1v) is 10.9. The number of hydrogen-bond donors (Lipinski definition) is 1. The maximum atomic E-state index is 13.0. The van der Waals surface area contributed by atoms with E-state index in [-0.39, 0.29) is 18.2 Å². The van der Waals surface area contributed by atoms with Crippen LogP contribution in [0.1, 0.15) is 48.2 Å². The lowest BCUT2D eigenvalue weighted by Crippen LogP contribution is -2.28. The Kier molecular flexibility index (Phi) is 7.55. The Bertz CT molecular complexity index is 900. The van der Waals surface area contributed by atoms with Crippen LogP contribution in [0.5, 0.6) is 0 Å². The van der Waals surface area contributed by atoms with Gasteiger partial charge in [0.1, 0.15) is 5.76 Å². The molecule has 7 heteroatoms. The lowest BCUT2D eigenvalue weighted by Gasteiger charge is -2.22. The Hall–Kier alpha value is -2.18. The Morgan fingerprint density at radius 1 is 1.35 bits per heavy atom. The molecule has 0 aliphatic carbocycles. The molecule has 0 unspecified atom stereocenters. The SMILES string of the molecule is C=C(/C=C\C(=C/C)OC(C)(F)F)CN1Cc2cc(CC3CCNCC3)cc(Cl)c2C1=O. The summed E-state index contributed by atoms with van der Waals surface area (Å²) < 4.78 is 30.7. The van der Waals surface area contributed by atoms with Gasteiger partial charge in [0, 0.05) is 20.0 Å². The highest BCUT2D eigenvalue weighted by Gasteiger charge is 2.30. The number of nitrogens with zero attached hydrogens (tertiary/aromatic N) is 1. The number of ether oxygens (including phenoxy) is 1. The summed E-state index contributed by atoms with van der Waals surface area (Å²) in [7, 11) is 0. The molecular weight excluding hydrogens is 422 g/mol. The van der Waals surface area contributed by atoms with Crippen molar-refractivity contribution >= 4 is 17.5 Å². The topological polar surface area (TPSA) is 41.6 Å². The van der Waals surface area contributed by atoms with Crippen LogP contribution in [0, 0.1) is 5.92 Å². The van der Waals surface area contributed by atoms with Gasteiger partial charge >= 0.3 is 6.11 Å². The molecule has 31 heavy (non-hydrogen) atoms. The van der Waals surface area contributed by atoms with Gasteiger partial charge in [-0.05, 0) is 80.1 Å². The van der Waals surface area contributed by atoms with E-state index >= 15 is 0 Å². The first kappa shape index (κ1) is 23.5. The van der Waals surface area contributed by atoms with E-state index in [9.17, 15) is 13.6 Å². The molecular formula is C24H29ClF2N2O2. The van der Waals surface area contributed by atoms with Crippen molar-refractivity contribution in [2.45, 2.75) is 45.8 Å². The van der Waals surface area contributed by atoms with Crippen LogP contribution >= 0.6 is 11.6 Å². The van der Waals surface area contributed by atoms with Gasteiger partial charge in [-0.15, -0.1) is 0 Å². The predicted molar refractivity (Wildman–Crippen MR) is 119 cm³/mol. The average Bonchev–Trinajstić information content (AvgIpc) is 3.00. The van der Waals surface area contributed by atoms with Crippen LogP contribution in [0.15, 0.2) is 48.3 Å². The largest absolute Gasteiger partial charge is 0.433 e. The number of nitrogens with one attached hydrogen (secondary N) is 1. The number of amides is 1. The van der Waals surface area contributed by atoms with Crippen molar-refractivity contribution in [2.24, 2.45) is 5.92 Å². The molecule has 0 bridgehead atoms. The van der Waals surface area contributed by atoms with Crippen LogP contribution < -0.4 is 5.32 Å². The summed E-state index contributed by atoms with van der Waals surface area (Å²) in [5, 5.41) is 3.87. The van der Waals surface area contributed by atoms with Gasteiger partial charge in [-0.2, -0.15) is 8.78 Å². The van der Waals surface area contributed by atoms with Crippen LogP contribution in [-0.4, -0.2) is 36.5 Å². The van der Waals surface area contributed by atoms with E-state index in [2.05, 4.69) is 22.7 Å². The zero-order valence-corrected chi connectivity index (χ0v) is 18.8. The molecule has 0 aromatic heterocycles. The summed E-state index contributed by atoms with van der Waals surface area (Å²) in [6.07, 6.45) is 4.46. The molecule has 0 spiro atoms. The zero-order valence-electron chi connectivity index (χ0n) is 18.0. The number of fused-ring (bicyclic) bond motifs is 1. The molecule has 2 heterocycles. The number of carbonyl (C=O) groups excluding carboxylic acids is 1. The summed E-state index contributed by atoms with van der Waals surface area (Å²) in [6.45, 7) is 9.06. The monoisotopic (exact) mass is 450 g/mol. The first-order chi connectivity index (χ1) is 14.7. The highest BCUT2D eigenvalue weighted by atomic mass is 35.5. The summed E-state index contributed by atoms with van der Waals surface area (Å²) in [5.41, 5.74) is 3.26. The predicted octanol–water partition coefficient (Wildman–Crippen LogP) is 5.48. The normalized spacial score (nSPS) is 18.0. The summed E-state index contributed by atoms with van der Waals surface area (Å²) >= 11 is 6.48. The number of allylic oxidation sites excluding steroid dienone is 2. The van der Waals surface area contributed by atoms with Crippen LogP contribution in [0.4, 0.5) is 8.78 Å². The Morgan fingerprint density at radius 3 is 2.71 bits per heavy atom. The number of alkyl halides is 2. The second kappa shape index (κ2) is 9.96. The van der Waals surface area contributed by atoms with Gasteiger partial charge in [0.25, 0.3) is 5.91 Å². The third kappa shape index (κ3) is 6.40. The molecule has 0 atom stereocenters. The fourth-order valence-electron chi connectivity index (χ4n) is 4.08. The molecule has 1 amide bonds. The molecule has 1 fully saturated rings. The van der Waals surface area contributed by atoms with Crippen molar-refractivity contribution in [1.82, 2.24) is 10.2 Å². The molecule has 2 aliphatic rings. The number of benzene rings is 1. The standard InChI is InChI=1S/C24H29ClF2N2O2/c1-4-20(31-24(3,26)27)6-5-16(2)14-29-15-19-12-18(11-17-7-9-28-10-8-17)13-21(25)22(19)23(29)30/h4-6,12-13,17,28H,2,7-11,14-15H2,1,3H3/b6-5-,20-4+. The van der Waals surface area contributed by atoms with Crippen molar-refractivity contribution < 1.29 is 18.3 Å². The number of carbonyl (C=O) groups is 1. The molecule has 168 valence electrons. The van der Waals surface area contributed by atoms with E-state index in [1.54, 1.807) is 17.9 Å². The molecule has 0 radical (unpaired) electrons. The van der Waals surface area contributed by atoms with Gasteiger partial charge in [-0.3, -0.25) is 4.79 Å². The zero-order chi connectivity index (χ0) is 22.6. The van der Waals surface area contributed by atoms with Crippen LogP contribution in [0.3, 0.4) is 0 Å². The van der Waals surface area contributed by atoms with Gasteiger partial charge < -0.3 is 15.0 Å². The summed E-state index contributed by atoms with van der Waals surface area (Å²) in [5.74, 6) is 0.535. The van der Waals surface area contributed by atoms with Gasteiger partial charge in [0.2, 0.25) is 0 Å². The van der Waals surface area contributed by atoms with Crippen molar-refractivity contribution in [3.63, 3.8) is 0 Å². The Morgan fingerprint density at radius 2 is 2.06 bits per heavy atom. The maximum Gasteiger partial charge on any atom is 0.394 e. The van der Waals surface area contributed by atoms with E-state index in [1.165, 1.54) is 17.7 Å². The second-order valence-electron chi connectivity index (χ2n) is 8.26. The van der Waals surface area contributed by atoms with Crippen LogP contribution in [0.25, 0.3) is 0 Å². The molecule has 1 N–H and O–H groups in total. The van der Waals surface area contributed by atoms with Crippen molar-refractivity contribution in [3.05, 3.63) is 70.0 Å². The number of halogens is 3. The fraction of sp³-hybridized carbons (Fsp3) is 0.458. The molecule has 1 aromatic rings. The molecule has 4 nitrogen and oxygen atoms in total. The summed E-state index contributed by atoms with van der Waals surface area (Å²) in [4.78, 5) is 14.5. The van der Waals surface area contributed by atoms with E-state index in [4.69, 9.17) is 11.6 Å². The van der Waals surface area contributed by atoms with Gasteiger partial charge in [-0.1, -0.05) is 30.3 Å². The Labute approximate surface area is 187 Å². The van der Waals surface area contributed by atoms with Gasteiger partial charge in [0.15, 0.2) is 0 Å². The van der Waals surface area contributed by atoms with E-state index < -0.39 is 6.11 Å². The van der Waals surface area contributed by atoms with Crippen molar-refractivity contribution in [1.29, 1.82) is 0 Å². The van der Waals surface area contributed by atoms with Crippen molar-refractivity contribution in [2.75, 3.05) is 19.6 Å². The molecule has 0 saturated carbocycles. The molecule has 3 rings (SSSR count).